The van der Waals surface area contributed by atoms with Crippen LogP contribution in [0.15, 0.2) is 29.6 Å². The van der Waals surface area contributed by atoms with Gasteiger partial charge in [0.2, 0.25) is 0 Å². The Balaban J connectivity index is 2.32. The number of rotatable bonds is 5. The normalized spacial score (nSPS) is 10.5. The summed E-state index contributed by atoms with van der Waals surface area (Å²) in [5.74, 6) is -0.366. The molecule has 0 bridgehead atoms. The van der Waals surface area contributed by atoms with Gasteiger partial charge < -0.3 is 5.32 Å². The Hall–Kier alpha value is -1.66. The van der Waals surface area contributed by atoms with Gasteiger partial charge in [0.05, 0.1) is 5.56 Å². The lowest BCUT2D eigenvalue weighted by Gasteiger charge is -2.09. The van der Waals surface area contributed by atoms with Gasteiger partial charge in [-0.2, -0.15) is 0 Å². The molecule has 4 nitrogen and oxygen atoms in total. The summed E-state index contributed by atoms with van der Waals surface area (Å²) < 4.78 is 13.7. The van der Waals surface area contributed by atoms with Crippen LogP contribution in [0.2, 0.25) is 5.02 Å². The maximum atomic E-state index is 13.7. The van der Waals surface area contributed by atoms with Crippen LogP contribution in [0.25, 0.3) is 0 Å². The summed E-state index contributed by atoms with van der Waals surface area (Å²) in [5.41, 5.74) is 0.495. The molecule has 2 rings (SSSR count). The number of aromatic nitrogens is 2. The Morgan fingerprint density at radius 3 is 2.86 bits per heavy atom. The molecule has 0 spiro atoms. The number of nitrogens with zero attached hydrogens (tertiary/aromatic N) is 2. The number of anilines is 1. The topological polar surface area (TPSA) is 54.9 Å². The van der Waals surface area contributed by atoms with Gasteiger partial charge >= 0.3 is 0 Å². The van der Waals surface area contributed by atoms with E-state index in [1.54, 1.807) is 13.1 Å². The van der Waals surface area contributed by atoms with Crippen LogP contribution in [0.1, 0.15) is 15.9 Å². The van der Waals surface area contributed by atoms with Gasteiger partial charge in [-0.15, -0.1) is 0 Å². The lowest BCUT2D eigenvalue weighted by Crippen LogP contribution is -2.11. The zero-order chi connectivity index (χ0) is 15.4. The second kappa shape index (κ2) is 6.87. The van der Waals surface area contributed by atoms with E-state index in [0.717, 1.165) is 0 Å². The van der Waals surface area contributed by atoms with Crippen LogP contribution in [0, 0.1) is 5.82 Å². The average Bonchev–Trinajstić information content (AvgIpc) is 2.50. The van der Waals surface area contributed by atoms with Crippen molar-refractivity contribution in [1.29, 1.82) is 0 Å². The summed E-state index contributed by atoms with van der Waals surface area (Å²) in [6.07, 6.45) is 3.15. The third-order valence-electron chi connectivity index (χ3n) is 2.89. The van der Waals surface area contributed by atoms with E-state index >= 15 is 0 Å². The first-order valence-electron chi connectivity index (χ1n) is 6.11. The smallest absolute Gasteiger partial charge is 0.189 e. The van der Waals surface area contributed by atoms with Crippen LogP contribution in [0.4, 0.5) is 10.2 Å². The number of Topliss-reactive ketones (excluding diaryl/α,β-unsaturated/α-hetero) is 1. The molecule has 0 amide bonds. The van der Waals surface area contributed by atoms with Crippen LogP contribution >= 0.6 is 23.4 Å². The van der Waals surface area contributed by atoms with Crippen molar-refractivity contribution in [2.45, 2.75) is 11.6 Å². The highest BCUT2D eigenvalue weighted by molar-refractivity contribution is 7.98. The predicted octanol–water partition coefficient (Wildman–Crippen LogP) is 3.46. The molecule has 0 aliphatic heterocycles. The highest BCUT2D eigenvalue weighted by atomic mass is 35.5. The molecule has 0 aliphatic carbocycles. The van der Waals surface area contributed by atoms with Gasteiger partial charge in [0.25, 0.3) is 0 Å². The van der Waals surface area contributed by atoms with Gasteiger partial charge in [0.1, 0.15) is 11.6 Å². The van der Waals surface area contributed by atoms with Gasteiger partial charge in [0, 0.05) is 30.3 Å². The number of nitrogens with one attached hydrogen (secondary N) is 1. The SMILES string of the molecule is CNc1nc(SC)ncc1C(=O)Cc1c(F)cccc1Cl. The molecular weight excluding hydrogens is 313 g/mol. The average molecular weight is 326 g/mol. The molecule has 0 aliphatic rings. The molecule has 1 aromatic heterocycles. The van der Waals surface area contributed by atoms with Crippen LogP contribution in [-0.4, -0.2) is 29.1 Å². The number of carbonyl (C=O) groups is 1. The van der Waals surface area contributed by atoms with Crippen LogP contribution < -0.4 is 5.32 Å². The summed E-state index contributed by atoms with van der Waals surface area (Å²) in [7, 11) is 1.67. The summed E-state index contributed by atoms with van der Waals surface area (Å²) >= 11 is 7.31. The second-order valence-electron chi connectivity index (χ2n) is 4.17. The predicted molar refractivity (Wildman–Crippen MR) is 82.8 cm³/mol. The Bertz CT molecular complexity index is 661. The first-order valence-corrected chi connectivity index (χ1v) is 7.72. The van der Waals surface area contributed by atoms with Crippen molar-refractivity contribution in [1.82, 2.24) is 9.97 Å². The van der Waals surface area contributed by atoms with E-state index in [-0.39, 0.29) is 22.8 Å². The van der Waals surface area contributed by atoms with Gasteiger partial charge in [-0.1, -0.05) is 29.4 Å². The molecule has 0 unspecified atom stereocenters. The number of ketones is 1. The second-order valence-corrected chi connectivity index (χ2v) is 5.35. The van der Waals surface area contributed by atoms with E-state index in [1.165, 1.54) is 30.1 Å². The van der Waals surface area contributed by atoms with Gasteiger partial charge in [-0.3, -0.25) is 4.79 Å². The zero-order valence-corrected chi connectivity index (χ0v) is 13.1. The molecule has 0 saturated heterocycles. The highest BCUT2D eigenvalue weighted by Gasteiger charge is 2.17. The molecule has 0 atom stereocenters. The Morgan fingerprint density at radius 1 is 1.48 bits per heavy atom. The quantitative estimate of drug-likeness (QED) is 0.518. The fourth-order valence-electron chi connectivity index (χ4n) is 1.82. The third-order valence-corrected chi connectivity index (χ3v) is 3.80. The molecule has 7 heteroatoms. The number of hydrogen-bond donors (Lipinski definition) is 1. The maximum Gasteiger partial charge on any atom is 0.189 e. The molecular formula is C14H13ClFN3OS. The van der Waals surface area contributed by atoms with Crippen LogP contribution in [0.5, 0.6) is 0 Å². The lowest BCUT2D eigenvalue weighted by molar-refractivity contribution is 0.0992. The number of hydrogen-bond acceptors (Lipinski definition) is 5. The maximum absolute atomic E-state index is 13.7. The number of carbonyl (C=O) groups excluding carboxylic acids is 1. The molecule has 21 heavy (non-hydrogen) atoms. The minimum absolute atomic E-state index is 0.137. The third kappa shape index (κ3) is 3.51. The van der Waals surface area contributed by atoms with E-state index in [1.807, 2.05) is 6.26 Å². The minimum atomic E-state index is -0.497. The summed E-state index contributed by atoms with van der Waals surface area (Å²) in [6.45, 7) is 0. The first kappa shape index (κ1) is 15.7. The number of benzene rings is 1. The lowest BCUT2D eigenvalue weighted by atomic mass is 10.0. The van der Waals surface area contributed by atoms with E-state index in [2.05, 4.69) is 15.3 Å². The number of thioether (sulfide) groups is 1. The molecule has 0 saturated carbocycles. The van der Waals surface area contributed by atoms with Crippen molar-refractivity contribution in [2.24, 2.45) is 0 Å². The standard InChI is InChI=1S/C14H13ClFN3OS/c1-17-13-9(7-18-14(19-13)21-2)12(20)6-8-10(15)4-3-5-11(8)16/h3-5,7H,6H2,1-2H3,(H,17,18,19). The van der Waals surface area contributed by atoms with Gasteiger partial charge in [-0.25, -0.2) is 14.4 Å². The summed E-state index contributed by atoms with van der Waals surface area (Å²) in [5, 5.41) is 3.64. The molecule has 0 radical (unpaired) electrons. The van der Waals surface area contributed by atoms with Crippen LogP contribution in [0.3, 0.4) is 0 Å². The summed E-state index contributed by atoms with van der Waals surface area (Å²) in [4.78, 5) is 20.6. The molecule has 0 fully saturated rings. The van der Waals surface area contributed by atoms with Crippen LogP contribution in [-0.2, 0) is 6.42 Å². The van der Waals surface area contributed by atoms with Gasteiger partial charge in [0.15, 0.2) is 10.9 Å². The van der Waals surface area contributed by atoms with Crippen molar-refractivity contribution >= 4 is 35.0 Å². The van der Waals surface area contributed by atoms with Gasteiger partial charge in [-0.05, 0) is 18.4 Å². The van der Waals surface area contributed by atoms with Crippen molar-refractivity contribution in [3.8, 4) is 0 Å². The van der Waals surface area contributed by atoms with Crippen molar-refractivity contribution in [3.05, 3.63) is 46.4 Å². The monoisotopic (exact) mass is 325 g/mol. The Kier molecular flexibility index (Phi) is 5.14. The molecule has 1 aromatic carbocycles. The highest BCUT2D eigenvalue weighted by Crippen LogP contribution is 2.23. The summed E-state index contributed by atoms with van der Waals surface area (Å²) in [6, 6.07) is 4.33. The minimum Gasteiger partial charge on any atom is -0.372 e. The van der Waals surface area contributed by atoms with E-state index in [9.17, 15) is 9.18 Å². The molecule has 2 aromatic rings. The zero-order valence-electron chi connectivity index (χ0n) is 11.5. The van der Waals surface area contributed by atoms with E-state index < -0.39 is 5.82 Å². The number of halogens is 2. The van der Waals surface area contributed by atoms with E-state index in [0.29, 0.717) is 16.5 Å². The first-order chi connectivity index (χ1) is 10.1. The fourth-order valence-corrected chi connectivity index (χ4v) is 2.39. The Morgan fingerprint density at radius 2 is 2.24 bits per heavy atom. The molecule has 1 N–H and O–H groups in total. The Labute approximate surface area is 131 Å². The largest absolute Gasteiger partial charge is 0.372 e. The van der Waals surface area contributed by atoms with Crippen molar-refractivity contribution < 1.29 is 9.18 Å². The molecule has 110 valence electrons. The van der Waals surface area contributed by atoms with E-state index in [4.69, 9.17) is 11.6 Å². The van der Waals surface area contributed by atoms with Crippen molar-refractivity contribution in [2.75, 3.05) is 18.6 Å². The fraction of sp³-hybridized carbons (Fsp3) is 0.214. The van der Waals surface area contributed by atoms with Crippen molar-refractivity contribution in [3.63, 3.8) is 0 Å². The molecule has 1 heterocycles.